The fraction of sp³-hybridized carbons (Fsp3) is 0.316. The summed E-state index contributed by atoms with van der Waals surface area (Å²) in [6.45, 7) is 4.14. The molecule has 1 heterocycles. The normalized spacial score (nSPS) is 24.4. The number of carbonyl (C=O) groups is 1. The second-order valence-corrected chi connectivity index (χ2v) is 6.45. The molecule has 1 saturated heterocycles. The fourth-order valence-corrected chi connectivity index (χ4v) is 3.19. The van der Waals surface area contributed by atoms with Crippen LogP contribution in [0.4, 0.5) is 0 Å². The summed E-state index contributed by atoms with van der Waals surface area (Å²) >= 11 is 0. The van der Waals surface area contributed by atoms with Crippen molar-refractivity contribution in [1.29, 1.82) is 0 Å². The molecule has 1 aliphatic rings. The van der Waals surface area contributed by atoms with Crippen molar-refractivity contribution in [3.05, 3.63) is 71.8 Å². The van der Waals surface area contributed by atoms with E-state index in [-0.39, 0.29) is 23.5 Å². The number of hydrogen-bond donors (Lipinski definition) is 2. The Morgan fingerprint density at radius 3 is 2.05 bits per heavy atom. The summed E-state index contributed by atoms with van der Waals surface area (Å²) in [6, 6.07) is 20.6. The molecule has 0 aliphatic carbocycles. The molecule has 3 nitrogen and oxygen atoms in total. The summed E-state index contributed by atoms with van der Waals surface area (Å²) < 4.78 is 0. The van der Waals surface area contributed by atoms with Gasteiger partial charge in [-0.1, -0.05) is 60.7 Å². The molecule has 2 aromatic rings. The Morgan fingerprint density at radius 1 is 0.909 bits per heavy atom. The van der Waals surface area contributed by atoms with Crippen LogP contribution in [0.15, 0.2) is 60.7 Å². The van der Waals surface area contributed by atoms with Crippen molar-refractivity contribution < 1.29 is 4.79 Å². The fourth-order valence-electron chi connectivity index (χ4n) is 3.19. The Kier molecular flexibility index (Phi) is 3.99. The van der Waals surface area contributed by atoms with Crippen LogP contribution in [-0.4, -0.2) is 11.4 Å². The molecular formula is C19H22N2O. The van der Waals surface area contributed by atoms with Crippen molar-refractivity contribution in [3.63, 3.8) is 0 Å². The summed E-state index contributed by atoms with van der Waals surface area (Å²) in [5.74, 6) is 0.0878. The molecule has 2 aromatic carbocycles. The molecule has 0 saturated carbocycles. The van der Waals surface area contributed by atoms with E-state index in [1.54, 1.807) is 0 Å². The Hall–Kier alpha value is -2.13. The molecule has 0 spiro atoms. The third-order valence-electron chi connectivity index (χ3n) is 4.28. The Bertz CT molecular complexity index is 637. The van der Waals surface area contributed by atoms with Gasteiger partial charge in [-0.3, -0.25) is 4.79 Å². The first kappa shape index (κ1) is 14.8. The molecule has 114 valence electrons. The molecule has 2 N–H and O–H groups in total. The average molecular weight is 294 g/mol. The van der Waals surface area contributed by atoms with E-state index in [1.165, 1.54) is 5.56 Å². The predicted octanol–water partition coefficient (Wildman–Crippen LogP) is 3.36. The van der Waals surface area contributed by atoms with Crippen LogP contribution in [-0.2, 0) is 4.79 Å². The molecule has 3 heteroatoms. The van der Waals surface area contributed by atoms with Crippen LogP contribution in [0.5, 0.6) is 0 Å². The van der Waals surface area contributed by atoms with E-state index in [1.807, 2.05) is 36.4 Å². The van der Waals surface area contributed by atoms with Gasteiger partial charge < -0.3 is 10.6 Å². The second kappa shape index (κ2) is 5.93. The third-order valence-corrected chi connectivity index (χ3v) is 4.28. The highest BCUT2D eigenvalue weighted by Gasteiger charge is 2.37. The molecule has 1 fully saturated rings. The molecule has 0 aromatic heterocycles. The van der Waals surface area contributed by atoms with Crippen molar-refractivity contribution in [2.45, 2.75) is 37.9 Å². The zero-order valence-electron chi connectivity index (χ0n) is 13.0. The van der Waals surface area contributed by atoms with Crippen LogP contribution in [0.2, 0.25) is 0 Å². The van der Waals surface area contributed by atoms with Gasteiger partial charge in [-0.25, -0.2) is 0 Å². The zero-order valence-corrected chi connectivity index (χ0v) is 13.0. The number of amides is 1. The smallest absolute Gasteiger partial charge is 0.222 e. The zero-order chi connectivity index (χ0) is 15.6. The maximum atomic E-state index is 12.3. The number of rotatable bonds is 2. The second-order valence-electron chi connectivity index (χ2n) is 6.45. The Balaban J connectivity index is 1.97. The lowest BCUT2D eigenvalue weighted by atomic mass is 9.88. The maximum absolute atomic E-state index is 12.3. The topological polar surface area (TPSA) is 41.1 Å². The number of nitrogens with one attached hydrogen (secondary N) is 2. The summed E-state index contributed by atoms with van der Waals surface area (Å²) in [7, 11) is 0. The molecule has 3 rings (SSSR count). The van der Waals surface area contributed by atoms with E-state index in [2.05, 4.69) is 48.7 Å². The van der Waals surface area contributed by atoms with Crippen molar-refractivity contribution >= 4 is 5.91 Å². The van der Waals surface area contributed by atoms with E-state index < -0.39 is 0 Å². The van der Waals surface area contributed by atoms with Gasteiger partial charge in [0.25, 0.3) is 0 Å². The average Bonchev–Trinajstić information content (AvgIpc) is 2.64. The SMILES string of the molecule is CC1(C)NC(=O)C[C@@H](c2ccccc2)N[C@H]1c1ccccc1. The maximum Gasteiger partial charge on any atom is 0.222 e. The first-order chi connectivity index (χ1) is 10.6. The summed E-state index contributed by atoms with van der Waals surface area (Å²) in [5, 5.41) is 6.85. The Morgan fingerprint density at radius 2 is 1.45 bits per heavy atom. The highest BCUT2D eigenvalue weighted by molar-refractivity contribution is 5.78. The predicted molar refractivity (Wildman–Crippen MR) is 88.3 cm³/mol. The molecular weight excluding hydrogens is 272 g/mol. The molecule has 0 bridgehead atoms. The molecule has 22 heavy (non-hydrogen) atoms. The molecule has 1 aliphatic heterocycles. The van der Waals surface area contributed by atoms with Gasteiger partial charge in [0, 0.05) is 12.5 Å². The molecule has 0 unspecified atom stereocenters. The Labute approximate surface area is 131 Å². The van der Waals surface area contributed by atoms with Crippen LogP contribution >= 0.6 is 0 Å². The minimum Gasteiger partial charge on any atom is -0.349 e. The van der Waals surface area contributed by atoms with Crippen molar-refractivity contribution in [3.8, 4) is 0 Å². The summed E-state index contributed by atoms with van der Waals surface area (Å²) in [5.41, 5.74) is 1.99. The van der Waals surface area contributed by atoms with Crippen LogP contribution in [0.1, 0.15) is 43.5 Å². The van der Waals surface area contributed by atoms with Crippen LogP contribution in [0.25, 0.3) is 0 Å². The highest BCUT2D eigenvalue weighted by Crippen LogP contribution is 2.32. The number of benzene rings is 2. The lowest BCUT2D eigenvalue weighted by Gasteiger charge is -2.35. The molecule has 0 radical (unpaired) electrons. The minimum atomic E-state index is -0.345. The van der Waals surface area contributed by atoms with Gasteiger partial charge in [0.2, 0.25) is 5.91 Å². The number of carbonyl (C=O) groups excluding carboxylic acids is 1. The molecule has 2 atom stereocenters. The van der Waals surface area contributed by atoms with Crippen molar-refractivity contribution in [2.24, 2.45) is 0 Å². The standard InChI is InChI=1S/C19H22N2O/c1-19(2)18(15-11-7-4-8-12-15)20-16(13-17(22)21-19)14-9-5-3-6-10-14/h3-12,16,18,20H,13H2,1-2H3,(H,21,22)/t16-,18-/m0/s1. The van der Waals surface area contributed by atoms with Crippen LogP contribution in [0.3, 0.4) is 0 Å². The summed E-state index contributed by atoms with van der Waals surface area (Å²) in [4.78, 5) is 12.3. The van der Waals surface area contributed by atoms with E-state index in [4.69, 9.17) is 0 Å². The van der Waals surface area contributed by atoms with Crippen LogP contribution < -0.4 is 10.6 Å². The summed E-state index contributed by atoms with van der Waals surface area (Å²) in [6.07, 6.45) is 0.455. The largest absolute Gasteiger partial charge is 0.349 e. The van der Waals surface area contributed by atoms with Gasteiger partial charge in [0.05, 0.1) is 11.6 Å². The lowest BCUT2D eigenvalue weighted by Crippen LogP contribution is -2.49. The number of hydrogen-bond acceptors (Lipinski definition) is 2. The first-order valence-electron chi connectivity index (χ1n) is 7.73. The van der Waals surface area contributed by atoms with Gasteiger partial charge in [-0.05, 0) is 25.0 Å². The van der Waals surface area contributed by atoms with Gasteiger partial charge in [-0.15, -0.1) is 0 Å². The van der Waals surface area contributed by atoms with Gasteiger partial charge in [-0.2, -0.15) is 0 Å². The monoisotopic (exact) mass is 294 g/mol. The lowest BCUT2D eigenvalue weighted by molar-refractivity contribution is -0.122. The van der Waals surface area contributed by atoms with Gasteiger partial charge in [0.1, 0.15) is 0 Å². The minimum absolute atomic E-state index is 0.0215. The van der Waals surface area contributed by atoms with Crippen molar-refractivity contribution in [2.75, 3.05) is 0 Å². The van der Waals surface area contributed by atoms with Gasteiger partial charge >= 0.3 is 0 Å². The van der Waals surface area contributed by atoms with E-state index in [0.29, 0.717) is 6.42 Å². The van der Waals surface area contributed by atoms with E-state index >= 15 is 0 Å². The van der Waals surface area contributed by atoms with E-state index in [0.717, 1.165) is 5.56 Å². The van der Waals surface area contributed by atoms with E-state index in [9.17, 15) is 4.79 Å². The van der Waals surface area contributed by atoms with Crippen molar-refractivity contribution in [1.82, 2.24) is 10.6 Å². The van der Waals surface area contributed by atoms with Gasteiger partial charge in [0.15, 0.2) is 0 Å². The molecule has 1 amide bonds. The van der Waals surface area contributed by atoms with Crippen LogP contribution in [0, 0.1) is 0 Å². The third kappa shape index (κ3) is 3.04. The quantitative estimate of drug-likeness (QED) is 0.891. The highest BCUT2D eigenvalue weighted by atomic mass is 16.1. The first-order valence-corrected chi connectivity index (χ1v) is 7.73.